The predicted octanol–water partition coefficient (Wildman–Crippen LogP) is 2.52. The molecule has 0 saturated heterocycles. The van der Waals surface area contributed by atoms with Crippen molar-refractivity contribution in [3.8, 4) is 0 Å². The Hall–Kier alpha value is -0.820. The Morgan fingerprint density at radius 1 is 1.36 bits per heavy atom. The van der Waals surface area contributed by atoms with E-state index in [0.717, 1.165) is 12.8 Å². The van der Waals surface area contributed by atoms with Crippen LogP contribution in [0.5, 0.6) is 0 Å². The minimum absolute atomic E-state index is 0.124. The van der Waals surface area contributed by atoms with E-state index in [-0.39, 0.29) is 12.3 Å². The summed E-state index contributed by atoms with van der Waals surface area (Å²) in [6.07, 6.45) is -1.83. The summed E-state index contributed by atoms with van der Waals surface area (Å²) in [5.41, 5.74) is -1.98. The van der Waals surface area contributed by atoms with E-state index in [1.165, 1.54) is 0 Å². The fraction of sp³-hybridized carbons (Fsp3) is 0.857. The molecule has 2 aliphatic carbocycles. The SMILES string of the molecule is CC1(O)CC2CCCC([C@H](NC(=O)C(F)(F)F)C(=O)Cl)(C2)C1. The first-order chi connectivity index (χ1) is 9.95. The molecule has 22 heavy (non-hydrogen) atoms. The zero-order valence-corrected chi connectivity index (χ0v) is 12.9. The molecule has 2 N–H and O–H groups in total. The average Bonchev–Trinajstić information content (AvgIpc) is 2.31. The smallest absolute Gasteiger partial charge is 0.390 e. The lowest BCUT2D eigenvalue weighted by Gasteiger charge is -2.53. The van der Waals surface area contributed by atoms with Crippen LogP contribution in [0.3, 0.4) is 0 Å². The molecule has 2 saturated carbocycles. The van der Waals surface area contributed by atoms with Crippen molar-refractivity contribution >= 4 is 22.8 Å². The van der Waals surface area contributed by atoms with Gasteiger partial charge in [0.25, 0.3) is 0 Å². The second kappa shape index (κ2) is 5.67. The van der Waals surface area contributed by atoms with Crippen molar-refractivity contribution in [2.75, 3.05) is 0 Å². The molecule has 4 nitrogen and oxygen atoms in total. The molecule has 0 aromatic rings. The van der Waals surface area contributed by atoms with Crippen LogP contribution in [0.1, 0.15) is 45.4 Å². The third-order valence-electron chi connectivity index (χ3n) is 4.82. The van der Waals surface area contributed by atoms with Gasteiger partial charge >= 0.3 is 12.1 Å². The maximum absolute atomic E-state index is 12.5. The van der Waals surface area contributed by atoms with Crippen LogP contribution in [-0.4, -0.2) is 34.1 Å². The summed E-state index contributed by atoms with van der Waals surface area (Å²) in [7, 11) is 0. The molecule has 2 fully saturated rings. The summed E-state index contributed by atoms with van der Waals surface area (Å²) >= 11 is 5.50. The molecule has 0 aromatic heterocycles. The molecule has 0 aliphatic heterocycles. The van der Waals surface area contributed by atoms with Gasteiger partial charge in [-0.2, -0.15) is 13.2 Å². The van der Waals surface area contributed by atoms with Gasteiger partial charge in [0.05, 0.1) is 5.60 Å². The van der Waals surface area contributed by atoms with Gasteiger partial charge in [-0.1, -0.05) is 12.8 Å². The van der Waals surface area contributed by atoms with Gasteiger partial charge in [-0.3, -0.25) is 9.59 Å². The molecule has 4 atom stereocenters. The van der Waals surface area contributed by atoms with Gasteiger partial charge in [-0.05, 0) is 50.1 Å². The lowest BCUT2D eigenvalue weighted by Crippen LogP contribution is -2.60. The van der Waals surface area contributed by atoms with Gasteiger partial charge in [0.15, 0.2) is 0 Å². The molecule has 0 spiro atoms. The van der Waals surface area contributed by atoms with Crippen molar-refractivity contribution in [2.45, 2.75) is 63.3 Å². The molecule has 2 rings (SSSR count). The van der Waals surface area contributed by atoms with Crippen LogP contribution in [0.2, 0.25) is 0 Å². The lowest BCUT2D eigenvalue weighted by molar-refractivity contribution is -0.177. The van der Waals surface area contributed by atoms with Crippen molar-refractivity contribution in [1.29, 1.82) is 0 Å². The Morgan fingerprint density at radius 2 is 2.00 bits per heavy atom. The summed E-state index contributed by atoms with van der Waals surface area (Å²) in [5.74, 6) is -2.05. The molecule has 2 bridgehead atoms. The number of halogens is 4. The second-order valence-electron chi connectivity index (χ2n) is 6.91. The number of hydrogen-bond donors (Lipinski definition) is 2. The van der Waals surface area contributed by atoms with Gasteiger partial charge in [0.2, 0.25) is 5.24 Å². The molecule has 126 valence electrons. The maximum Gasteiger partial charge on any atom is 0.471 e. The summed E-state index contributed by atoms with van der Waals surface area (Å²) in [6, 6.07) is -1.43. The molecular formula is C14H19ClF3NO3. The average molecular weight is 342 g/mol. The zero-order chi connectivity index (χ0) is 16.8. The molecule has 2 aliphatic rings. The van der Waals surface area contributed by atoms with E-state index >= 15 is 0 Å². The molecule has 0 aromatic carbocycles. The third kappa shape index (κ3) is 3.56. The van der Waals surface area contributed by atoms with Crippen LogP contribution in [-0.2, 0) is 9.59 Å². The molecule has 0 radical (unpaired) electrons. The van der Waals surface area contributed by atoms with Crippen molar-refractivity contribution in [2.24, 2.45) is 11.3 Å². The number of hydrogen-bond acceptors (Lipinski definition) is 3. The molecular weight excluding hydrogens is 323 g/mol. The number of amides is 1. The van der Waals surface area contributed by atoms with E-state index in [4.69, 9.17) is 11.6 Å². The number of carbonyl (C=O) groups is 2. The zero-order valence-electron chi connectivity index (χ0n) is 12.2. The predicted molar refractivity (Wildman–Crippen MR) is 73.1 cm³/mol. The number of aliphatic hydroxyl groups is 1. The standard InChI is InChI=1S/C14H19ClF3NO3/c1-12(22)5-8-3-2-4-13(6-8,7-12)9(10(15)20)19-11(21)14(16,17)18/h8-9,22H,2-7H2,1H3,(H,19,21)/t8?,9-,12?,13?/m1/s1. The van der Waals surface area contributed by atoms with Crippen LogP contribution in [0.4, 0.5) is 13.2 Å². The van der Waals surface area contributed by atoms with Gasteiger partial charge < -0.3 is 10.4 Å². The Labute approximate surface area is 131 Å². The Balaban J connectivity index is 2.30. The van der Waals surface area contributed by atoms with Gasteiger partial charge in [0.1, 0.15) is 6.04 Å². The van der Waals surface area contributed by atoms with Crippen LogP contribution < -0.4 is 5.32 Å². The van der Waals surface area contributed by atoms with Crippen molar-refractivity contribution < 1.29 is 27.9 Å². The van der Waals surface area contributed by atoms with E-state index in [2.05, 4.69) is 0 Å². The quantitative estimate of drug-likeness (QED) is 0.775. The third-order valence-corrected chi connectivity index (χ3v) is 5.03. The van der Waals surface area contributed by atoms with Gasteiger partial charge in [0, 0.05) is 5.41 Å². The van der Waals surface area contributed by atoms with Gasteiger partial charge in [-0.25, -0.2) is 0 Å². The van der Waals surface area contributed by atoms with Crippen LogP contribution in [0.15, 0.2) is 0 Å². The van der Waals surface area contributed by atoms with Gasteiger partial charge in [-0.15, -0.1) is 0 Å². The summed E-state index contributed by atoms with van der Waals surface area (Å²) in [4.78, 5) is 22.9. The molecule has 3 unspecified atom stereocenters. The fourth-order valence-corrected chi connectivity index (χ4v) is 4.62. The first-order valence-corrected chi connectivity index (χ1v) is 7.62. The first kappa shape index (κ1) is 17.5. The largest absolute Gasteiger partial charge is 0.471 e. The van der Waals surface area contributed by atoms with Crippen molar-refractivity contribution in [3.05, 3.63) is 0 Å². The minimum Gasteiger partial charge on any atom is -0.390 e. The van der Waals surface area contributed by atoms with Crippen molar-refractivity contribution in [1.82, 2.24) is 5.32 Å². The molecule has 8 heteroatoms. The number of carbonyl (C=O) groups excluding carboxylic acids is 2. The second-order valence-corrected chi connectivity index (χ2v) is 7.28. The van der Waals surface area contributed by atoms with Crippen LogP contribution in [0.25, 0.3) is 0 Å². The summed E-state index contributed by atoms with van der Waals surface area (Å²) < 4.78 is 37.5. The topological polar surface area (TPSA) is 66.4 Å². The highest BCUT2D eigenvalue weighted by atomic mass is 35.5. The fourth-order valence-electron chi connectivity index (χ4n) is 4.34. The van der Waals surface area contributed by atoms with E-state index in [9.17, 15) is 27.9 Å². The summed E-state index contributed by atoms with van der Waals surface area (Å²) in [6.45, 7) is 1.61. The minimum atomic E-state index is -5.08. The van der Waals surface area contributed by atoms with Crippen molar-refractivity contribution in [3.63, 3.8) is 0 Å². The number of rotatable bonds is 3. The lowest BCUT2D eigenvalue weighted by atomic mass is 9.55. The first-order valence-electron chi connectivity index (χ1n) is 7.25. The van der Waals surface area contributed by atoms with E-state index in [0.29, 0.717) is 19.3 Å². The number of nitrogens with one attached hydrogen (secondary N) is 1. The van der Waals surface area contributed by atoms with Crippen LogP contribution in [0, 0.1) is 11.3 Å². The maximum atomic E-state index is 12.5. The Bertz CT molecular complexity index is 480. The monoisotopic (exact) mass is 341 g/mol. The Kier molecular flexibility index (Phi) is 4.52. The van der Waals surface area contributed by atoms with E-state index < -0.39 is 34.4 Å². The molecule has 1 amide bonds. The van der Waals surface area contributed by atoms with Crippen LogP contribution >= 0.6 is 11.6 Å². The van der Waals surface area contributed by atoms with E-state index in [1.807, 2.05) is 0 Å². The summed E-state index contributed by atoms with van der Waals surface area (Å²) in [5, 5.41) is 11.1. The normalized spacial score (nSPS) is 36.5. The number of fused-ring (bicyclic) bond motifs is 2. The van der Waals surface area contributed by atoms with E-state index in [1.54, 1.807) is 12.2 Å². The number of alkyl halides is 3. The molecule has 0 heterocycles. The highest BCUT2D eigenvalue weighted by molar-refractivity contribution is 6.65. The Morgan fingerprint density at radius 3 is 2.55 bits per heavy atom. The highest BCUT2D eigenvalue weighted by Crippen LogP contribution is 2.54. The highest BCUT2D eigenvalue weighted by Gasteiger charge is 2.55.